The van der Waals surface area contributed by atoms with Gasteiger partial charge in [0.25, 0.3) is 5.91 Å². The maximum Gasteiger partial charge on any atom is 0.252 e. The van der Waals surface area contributed by atoms with Gasteiger partial charge in [-0.1, -0.05) is 12.1 Å². The smallest absolute Gasteiger partial charge is 0.252 e. The first-order valence-corrected chi connectivity index (χ1v) is 3.71. The molecule has 1 rings (SSSR count). The van der Waals surface area contributed by atoms with E-state index >= 15 is 0 Å². The minimum atomic E-state index is -0.568. The topological polar surface area (TPSA) is 69.4 Å². The molecule has 4 nitrogen and oxygen atoms in total. The van der Waals surface area contributed by atoms with Crippen molar-refractivity contribution in [2.75, 3.05) is 6.61 Å². The van der Waals surface area contributed by atoms with E-state index in [4.69, 9.17) is 10.5 Å². The third kappa shape index (κ3) is 2.30. The Balaban J connectivity index is 2.90. The van der Waals surface area contributed by atoms with Gasteiger partial charge >= 0.3 is 0 Å². The maximum absolute atomic E-state index is 10.8. The molecule has 1 aromatic rings. The van der Waals surface area contributed by atoms with Crippen LogP contribution in [0.25, 0.3) is 0 Å². The summed E-state index contributed by atoms with van der Waals surface area (Å²) in [7, 11) is 0. The molecule has 68 valence electrons. The van der Waals surface area contributed by atoms with Gasteiger partial charge in [-0.25, -0.2) is 0 Å². The van der Waals surface area contributed by atoms with E-state index in [9.17, 15) is 9.59 Å². The van der Waals surface area contributed by atoms with Gasteiger partial charge in [-0.15, -0.1) is 0 Å². The van der Waals surface area contributed by atoms with Crippen molar-refractivity contribution < 1.29 is 14.3 Å². The van der Waals surface area contributed by atoms with Crippen LogP contribution in [0.15, 0.2) is 24.3 Å². The number of rotatable bonds is 4. The molecule has 0 aliphatic heterocycles. The van der Waals surface area contributed by atoms with Gasteiger partial charge in [-0.3, -0.25) is 9.59 Å². The lowest BCUT2D eigenvalue weighted by Crippen LogP contribution is -2.13. The molecule has 0 radical (unpaired) electrons. The van der Waals surface area contributed by atoms with Crippen LogP contribution in [0.5, 0.6) is 5.75 Å². The zero-order valence-corrected chi connectivity index (χ0v) is 6.90. The molecular weight excluding hydrogens is 170 g/mol. The minimum absolute atomic E-state index is 0.0791. The van der Waals surface area contributed by atoms with E-state index in [1.54, 1.807) is 24.3 Å². The lowest BCUT2D eigenvalue weighted by Gasteiger charge is -2.05. The predicted molar refractivity (Wildman–Crippen MR) is 46.5 cm³/mol. The third-order valence-electron chi connectivity index (χ3n) is 1.46. The fraction of sp³-hybridized carbons (Fsp3) is 0.111. The second-order valence-electron chi connectivity index (χ2n) is 2.34. The summed E-state index contributed by atoms with van der Waals surface area (Å²) in [5.74, 6) is -0.233. The second-order valence-corrected chi connectivity index (χ2v) is 2.34. The third-order valence-corrected chi connectivity index (χ3v) is 1.46. The number of hydrogen-bond donors (Lipinski definition) is 1. The van der Waals surface area contributed by atoms with Crippen molar-refractivity contribution in [2.45, 2.75) is 0 Å². The predicted octanol–water partition coefficient (Wildman–Crippen LogP) is 0.363. The number of para-hydroxylation sites is 1. The van der Waals surface area contributed by atoms with E-state index in [0.717, 1.165) is 0 Å². The molecule has 0 heterocycles. The van der Waals surface area contributed by atoms with Crippen molar-refractivity contribution >= 4 is 12.2 Å². The molecule has 0 aliphatic rings. The summed E-state index contributed by atoms with van der Waals surface area (Å²) in [5.41, 5.74) is 5.36. The van der Waals surface area contributed by atoms with Crippen molar-refractivity contribution in [2.24, 2.45) is 5.73 Å². The first kappa shape index (κ1) is 9.25. The Labute approximate surface area is 75.3 Å². The van der Waals surface area contributed by atoms with Crippen molar-refractivity contribution in [1.29, 1.82) is 0 Å². The second kappa shape index (κ2) is 4.25. The van der Waals surface area contributed by atoms with Crippen LogP contribution in [0.1, 0.15) is 10.4 Å². The molecular formula is C9H9NO3. The highest BCUT2D eigenvalue weighted by atomic mass is 16.5. The zero-order chi connectivity index (χ0) is 9.68. The number of carbonyl (C=O) groups excluding carboxylic acids is 2. The molecule has 0 aromatic heterocycles. The van der Waals surface area contributed by atoms with Crippen molar-refractivity contribution in [3.63, 3.8) is 0 Å². The maximum atomic E-state index is 10.8. The molecule has 2 N–H and O–H groups in total. The monoisotopic (exact) mass is 179 g/mol. The fourth-order valence-electron chi connectivity index (χ4n) is 0.920. The van der Waals surface area contributed by atoms with Crippen LogP contribution >= 0.6 is 0 Å². The summed E-state index contributed by atoms with van der Waals surface area (Å²) in [5, 5.41) is 0. The van der Waals surface area contributed by atoms with Crippen LogP contribution in [-0.2, 0) is 4.79 Å². The van der Waals surface area contributed by atoms with E-state index in [1.165, 1.54) is 0 Å². The lowest BCUT2D eigenvalue weighted by atomic mass is 10.2. The number of benzene rings is 1. The van der Waals surface area contributed by atoms with Crippen LogP contribution < -0.4 is 10.5 Å². The van der Waals surface area contributed by atoms with Gasteiger partial charge in [0.15, 0.2) is 6.29 Å². The van der Waals surface area contributed by atoms with E-state index in [0.29, 0.717) is 12.0 Å². The number of nitrogens with two attached hydrogens (primary N) is 1. The van der Waals surface area contributed by atoms with Crippen LogP contribution in [-0.4, -0.2) is 18.8 Å². The summed E-state index contributed by atoms with van der Waals surface area (Å²) >= 11 is 0. The summed E-state index contributed by atoms with van der Waals surface area (Å²) in [4.78, 5) is 20.9. The minimum Gasteiger partial charge on any atom is -0.485 e. The lowest BCUT2D eigenvalue weighted by molar-refractivity contribution is -0.109. The van der Waals surface area contributed by atoms with Crippen LogP contribution in [0.3, 0.4) is 0 Å². The number of amides is 1. The Hall–Kier alpha value is -1.84. The molecule has 4 heteroatoms. The summed E-state index contributed by atoms with van der Waals surface area (Å²) in [6.07, 6.45) is 0.609. The average Bonchev–Trinajstić information content (AvgIpc) is 2.15. The average molecular weight is 179 g/mol. The molecule has 13 heavy (non-hydrogen) atoms. The highest BCUT2D eigenvalue weighted by molar-refractivity contribution is 5.95. The normalized spacial score (nSPS) is 9.23. The van der Waals surface area contributed by atoms with Gasteiger partial charge in [0.05, 0.1) is 5.56 Å². The fourth-order valence-corrected chi connectivity index (χ4v) is 0.920. The van der Waals surface area contributed by atoms with Crippen LogP contribution in [0.2, 0.25) is 0 Å². The molecule has 1 amide bonds. The number of ether oxygens (including phenoxy) is 1. The SMILES string of the molecule is NC(=O)c1ccccc1OCC=O. The van der Waals surface area contributed by atoms with Gasteiger partial charge in [0.1, 0.15) is 12.4 Å². The van der Waals surface area contributed by atoms with Gasteiger partial charge in [-0.05, 0) is 12.1 Å². The highest BCUT2D eigenvalue weighted by Gasteiger charge is 2.06. The number of carbonyl (C=O) groups is 2. The first-order valence-electron chi connectivity index (χ1n) is 3.71. The molecule has 0 atom stereocenters. The number of primary amides is 1. The summed E-state index contributed by atoms with van der Waals surface area (Å²) < 4.78 is 4.98. The van der Waals surface area contributed by atoms with Crippen LogP contribution in [0.4, 0.5) is 0 Å². The van der Waals surface area contributed by atoms with Gasteiger partial charge in [0.2, 0.25) is 0 Å². The van der Waals surface area contributed by atoms with Crippen molar-refractivity contribution in [3.8, 4) is 5.75 Å². The highest BCUT2D eigenvalue weighted by Crippen LogP contribution is 2.16. The Morgan fingerprint density at radius 3 is 2.77 bits per heavy atom. The Morgan fingerprint density at radius 1 is 1.46 bits per heavy atom. The summed E-state index contributed by atoms with van der Waals surface area (Å²) in [6.45, 7) is -0.0791. The summed E-state index contributed by atoms with van der Waals surface area (Å²) in [6, 6.07) is 6.51. The number of hydrogen-bond acceptors (Lipinski definition) is 3. The van der Waals surface area contributed by atoms with Gasteiger partial charge in [0, 0.05) is 0 Å². The number of aldehydes is 1. The first-order chi connectivity index (χ1) is 6.25. The van der Waals surface area contributed by atoms with Gasteiger partial charge in [-0.2, -0.15) is 0 Å². The van der Waals surface area contributed by atoms with Crippen molar-refractivity contribution in [3.05, 3.63) is 29.8 Å². The van der Waals surface area contributed by atoms with E-state index in [2.05, 4.69) is 0 Å². The molecule has 0 spiro atoms. The quantitative estimate of drug-likeness (QED) is 0.678. The standard InChI is InChI=1S/C9H9NO3/c10-9(12)7-3-1-2-4-8(7)13-6-5-11/h1-5H,6H2,(H2,10,12). The molecule has 0 unspecified atom stereocenters. The molecule has 0 aliphatic carbocycles. The Bertz CT molecular complexity index is 322. The zero-order valence-electron chi connectivity index (χ0n) is 6.90. The molecule has 1 aromatic carbocycles. The van der Waals surface area contributed by atoms with E-state index < -0.39 is 5.91 Å². The molecule has 0 saturated carbocycles. The Morgan fingerprint density at radius 2 is 2.15 bits per heavy atom. The molecule has 0 fully saturated rings. The molecule has 0 saturated heterocycles. The Kier molecular flexibility index (Phi) is 3.03. The molecule has 0 bridgehead atoms. The van der Waals surface area contributed by atoms with E-state index in [1.807, 2.05) is 0 Å². The van der Waals surface area contributed by atoms with Crippen LogP contribution in [0, 0.1) is 0 Å². The van der Waals surface area contributed by atoms with Gasteiger partial charge < -0.3 is 10.5 Å². The van der Waals surface area contributed by atoms with E-state index in [-0.39, 0.29) is 12.2 Å². The van der Waals surface area contributed by atoms with Crippen molar-refractivity contribution in [1.82, 2.24) is 0 Å². The largest absolute Gasteiger partial charge is 0.485 e.